The SMILES string of the molecule is CCC(CCNS(=O)(=O)c1cc(C)sc1C)CCC(=O)O. The molecule has 0 aliphatic heterocycles. The van der Waals surface area contributed by atoms with E-state index in [-0.39, 0.29) is 12.3 Å². The number of aliphatic carboxylic acids is 1. The summed E-state index contributed by atoms with van der Waals surface area (Å²) in [6, 6.07) is 1.68. The molecule has 0 aromatic carbocycles. The molecule has 0 saturated carbocycles. The largest absolute Gasteiger partial charge is 0.481 e. The number of carboxylic acids is 1. The fraction of sp³-hybridized carbons (Fsp3) is 0.643. The first kappa shape index (κ1) is 18.1. The fourth-order valence-corrected chi connectivity index (χ4v) is 4.83. The quantitative estimate of drug-likeness (QED) is 0.728. The van der Waals surface area contributed by atoms with Crippen LogP contribution in [0.15, 0.2) is 11.0 Å². The Morgan fingerprint density at radius 3 is 2.52 bits per heavy atom. The molecular formula is C14H23NO4S2. The molecule has 120 valence electrons. The van der Waals surface area contributed by atoms with Crippen molar-refractivity contribution in [1.29, 1.82) is 0 Å². The fourth-order valence-electron chi connectivity index (χ4n) is 2.23. The second-order valence-corrected chi connectivity index (χ2v) is 8.37. The summed E-state index contributed by atoms with van der Waals surface area (Å²) >= 11 is 1.47. The Labute approximate surface area is 130 Å². The highest BCUT2D eigenvalue weighted by molar-refractivity contribution is 7.89. The molecule has 2 N–H and O–H groups in total. The molecule has 0 saturated heterocycles. The zero-order valence-corrected chi connectivity index (χ0v) is 14.3. The van der Waals surface area contributed by atoms with Crippen molar-refractivity contribution in [2.24, 2.45) is 5.92 Å². The van der Waals surface area contributed by atoms with E-state index >= 15 is 0 Å². The number of hydrogen-bond donors (Lipinski definition) is 2. The summed E-state index contributed by atoms with van der Waals surface area (Å²) < 4.78 is 27.0. The molecule has 1 heterocycles. The van der Waals surface area contributed by atoms with Crippen molar-refractivity contribution in [1.82, 2.24) is 4.72 Å². The van der Waals surface area contributed by atoms with Crippen LogP contribution in [0.25, 0.3) is 0 Å². The van der Waals surface area contributed by atoms with Gasteiger partial charge in [-0.1, -0.05) is 13.3 Å². The van der Waals surface area contributed by atoms with Gasteiger partial charge in [0.15, 0.2) is 0 Å². The minimum absolute atomic E-state index is 0.133. The topological polar surface area (TPSA) is 83.5 Å². The Morgan fingerprint density at radius 1 is 1.38 bits per heavy atom. The van der Waals surface area contributed by atoms with Crippen molar-refractivity contribution in [3.63, 3.8) is 0 Å². The van der Waals surface area contributed by atoms with Gasteiger partial charge < -0.3 is 5.11 Å². The van der Waals surface area contributed by atoms with Gasteiger partial charge in [0.1, 0.15) is 0 Å². The van der Waals surface area contributed by atoms with Gasteiger partial charge in [0.2, 0.25) is 10.0 Å². The summed E-state index contributed by atoms with van der Waals surface area (Å²) in [5.74, 6) is -0.576. The molecule has 1 aromatic heterocycles. The van der Waals surface area contributed by atoms with E-state index < -0.39 is 16.0 Å². The van der Waals surface area contributed by atoms with E-state index in [0.29, 0.717) is 24.3 Å². The standard InChI is InChI=1S/C14H23NO4S2/c1-4-12(5-6-14(16)17)7-8-15-21(18,19)13-9-10(2)20-11(13)3/h9,12,15H,4-8H2,1-3H3,(H,16,17). The van der Waals surface area contributed by atoms with Crippen molar-refractivity contribution in [2.45, 2.75) is 51.3 Å². The number of carbonyl (C=O) groups is 1. The van der Waals surface area contributed by atoms with Crippen LogP contribution in [0.5, 0.6) is 0 Å². The van der Waals surface area contributed by atoms with E-state index in [9.17, 15) is 13.2 Å². The van der Waals surface area contributed by atoms with Gasteiger partial charge in [-0.2, -0.15) is 0 Å². The summed E-state index contributed by atoms with van der Waals surface area (Å²) in [5, 5.41) is 8.68. The number of sulfonamides is 1. The highest BCUT2D eigenvalue weighted by Gasteiger charge is 2.19. The smallest absolute Gasteiger partial charge is 0.303 e. The van der Waals surface area contributed by atoms with Crippen molar-refractivity contribution in [2.75, 3.05) is 6.54 Å². The predicted molar refractivity (Wildman–Crippen MR) is 84.2 cm³/mol. The first-order valence-electron chi connectivity index (χ1n) is 7.04. The van der Waals surface area contributed by atoms with Gasteiger partial charge >= 0.3 is 5.97 Å². The normalized spacial score (nSPS) is 13.3. The number of carboxylic acid groups (broad SMARTS) is 1. The summed E-state index contributed by atoms with van der Waals surface area (Å²) in [6.07, 6.45) is 2.23. The second-order valence-electron chi connectivity index (χ2n) is 5.17. The number of nitrogens with one attached hydrogen (secondary N) is 1. The second kappa shape index (κ2) is 7.91. The van der Waals surface area contributed by atoms with E-state index in [4.69, 9.17) is 5.11 Å². The Kier molecular flexibility index (Phi) is 6.83. The summed E-state index contributed by atoms with van der Waals surface area (Å²) in [7, 11) is -3.46. The Balaban J connectivity index is 2.54. The van der Waals surface area contributed by atoms with E-state index in [1.807, 2.05) is 13.8 Å². The van der Waals surface area contributed by atoms with Crippen LogP contribution in [0.3, 0.4) is 0 Å². The van der Waals surface area contributed by atoms with Gasteiger partial charge in [-0.3, -0.25) is 4.79 Å². The number of thiophene rings is 1. The van der Waals surface area contributed by atoms with Crippen LogP contribution in [0.4, 0.5) is 0 Å². The molecule has 0 spiro atoms. The molecular weight excluding hydrogens is 310 g/mol. The molecule has 0 bridgehead atoms. The Morgan fingerprint density at radius 2 is 2.05 bits per heavy atom. The first-order chi connectivity index (χ1) is 9.76. The maximum Gasteiger partial charge on any atom is 0.303 e. The molecule has 1 aromatic rings. The molecule has 0 fully saturated rings. The van der Waals surface area contributed by atoms with Crippen molar-refractivity contribution >= 4 is 27.3 Å². The van der Waals surface area contributed by atoms with E-state index in [1.54, 1.807) is 13.0 Å². The molecule has 5 nitrogen and oxygen atoms in total. The summed E-state index contributed by atoms with van der Waals surface area (Å²) in [4.78, 5) is 12.7. The Bertz CT molecular complexity index is 578. The lowest BCUT2D eigenvalue weighted by Crippen LogP contribution is -2.26. The van der Waals surface area contributed by atoms with E-state index in [1.165, 1.54) is 11.3 Å². The molecule has 1 atom stereocenters. The highest BCUT2D eigenvalue weighted by Crippen LogP contribution is 2.25. The molecule has 0 radical (unpaired) electrons. The van der Waals surface area contributed by atoms with E-state index in [2.05, 4.69) is 4.72 Å². The predicted octanol–water partition coefficient (Wildman–Crippen LogP) is 2.92. The zero-order chi connectivity index (χ0) is 16.0. The third-order valence-electron chi connectivity index (χ3n) is 3.47. The van der Waals surface area contributed by atoms with Gasteiger partial charge in [0.05, 0.1) is 4.90 Å². The molecule has 0 amide bonds. The minimum Gasteiger partial charge on any atom is -0.481 e. The van der Waals surface area contributed by atoms with Crippen molar-refractivity contribution < 1.29 is 18.3 Å². The van der Waals surface area contributed by atoms with Gasteiger partial charge in [0.25, 0.3) is 0 Å². The monoisotopic (exact) mass is 333 g/mol. The zero-order valence-electron chi connectivity index (χ0n) is 12.7. The maximum atomic E-state index is 12.2. The van der Waals surface area contributed by atoms with Crippen LogP contribution in [0, 0.1) is 19.8 Å². The van der Waals surface area contributed by atoms with Crippen LogP contribution >= 0.6 is 11.3 Å². The summed E-state index contributed by atoms with van der Waals surface area (Å²) in [6.45, 7) is 6.02. The molecule has 7 heteroatoms. The lowest BCUT2D eigenvalue weighted by Gasteiger charge is -2.14. The van der Waals surface area contributed by atoms with Crippen molar-refractivity contribution in [3.8, 4) is 0 Å². The molecule has 0 aliphatic carbocycles. The molecule has 0 aliphatic rings. The minimum atomic E-state index is -3.46. The van der Waals surface area contributed by atoms with Crippen molar-refractivity contribution in [3.05, 3.63) is 15.8 Å². The van der Waals surface area contributed by atoms with Crippen LogP contribution in [0.1, 0.15) is 42.4 Å². The lowest BCUT2D eigenvalue weighted by molar-refractivity contribution is -0.137. The van der Waals surface area contributed by atoms with Crippen LogP contribution in [-0.4, -0.2) is 26.0 Å². The van der Waals surface area contributed by atoms with Gasteiger partial charge in [-0.05, 0) is 38.7 Å². The molecule has 1 unspecified atom stereocenters. The average Bonchev–Trinajstić information content (AvgIpc) is 2.73. The molecule has 1 rings (SSSR count). The maximum absolute atomic E-state index is 12.2. The lowest BCUT2D eigenvalue weighted by atomic mass is 9.97. The number of rotatable bonds is 9. The van der Waals surface area contributed by atoms with E-state index in [0.717, 1.165) is 16.2 Å². The third kappa shape index (κ3) is 5.76. The van der Waals surface area contributed by atoms with Crippen LogP contribution in [-0.2, 0) is 14.8 Å². The van der Waals surface area contributed by atoms with Gasteiger partial charge in [-0.25, -0.2) is 13.1 Å². The van der Waals surface area contributed by atoms with Gasteiger partial charge in [0, 0.05) is 22.7 Å². The number of hydrogen-bond acceptors (Lipinski definition) is 4. The van der Waals surface area contributed by atoms with Crippen LogP contribution < -0.4 is 4.72 Å². The Hall–Kier alpha value is -0.920. The van der Waals surface area contributed by atoms with Gasteiger partial charge in [-0.15, -0.1) is 11.3 Å². The van der Waals surface area contributed by atoms with Crippen LogP contribution in [0.2, 0.25) is 0 Å². The molecule has 21 heavy (non-hydrogen) atoms. The first-order valence-corrected chi connectivity index (χ1v) is 9.34. The number of aryl methyl sites for hydroxylation is 2. The highest BCUT2D eigenvalue weighted by atomic mass is 32.2. The third-order valence-corrected chi connectivity index (χ3v) is 6.16. The summed E-state index contributed by atoms with van der Waals surface area (Å²) in [5.41, 5.74) is 0. The average molecular weight is 333 g/mol.